The summed E-state index contributed by atoms with van der Waals surface area (Å²) >= 11 is 0. The number of ether oxygens (including phenoxy) is 2. The first-order chi connectivity index (χ1) is 11.7. The molecule has 0 bridgehead atoms. The van der Waals surface area contributed by atoms with Crippen molar-refractivity contribution in [3.05, 3.63) is 23.5 Å². The average Bonchev–Trinajstić information content (AvgIpc) is 2.85. The topological polar surface area (TPSA) is 70.7 Å². The zero-order valence-corrected chi connectivity index (χ0v) is 15.8. The molecular formula is C18H28N4O3. The lowest BCUT2D eigenvalue weighted by molar-refractivity contribution is -0.161. The summed E-state index contributed by atoms with van der Waals surface area (Å²) in [5, 5.41) is 9.09. The van der Waals surface area contributed by atoms with Crippen LogP contribution in [0.1, 0.15) is 25.1 Å². The molecule has 1 amide bonds. The number of nitriles is 1. The Morgan fingerprint density at radius 2 is 2.24 bits per heavy atom. The molecule has 25 heavy (non-hydrogen) atoms. The minimum Gasteiger partial charge on any atom is -0.369 e. The molecular weight excluding hydrogens is 320 g/mol. The fourth-order valence-corrected chi connectivity index (χ4v) is 3.12. The van der Waals surface area contributed by atoms with Gasteiger partial charge in [0.2, 0.25) is 5.91 Å². The third-order valence-corrected chi connectivity index (χ3v) is 4.16. The minimum absolute atomic E-state index is 0.0553. The summed E-state index contributed by atoms with van der Waals surface area (Å²) in [6.07, 6.45) is 1.90. The van der Waals surface area contributed by atoms with Gasteiger partial charge >= 0.3 is 0 Å². The van der Waals surface area contributed by atoms with E-state index in [-0.39, 0.29) is 24.2 Å². The van der Waals surface area contributed by atoms with E-state index < -0.39 is 0 Å². The molecule has 0 spiro atoms. The maximum Gasteiger partial charge on any atom is 0.248 e. The Labute approximate surface area is 149 Å². The number of carbonyl (C=O) groups excluding carboxylic acids is 1. The predicted molar refractivity (Wildman–Crippen MR) is 93.9 cm³/mol. The molecule has 2 rings (SSSR count). The van der Waals surface area contributed by atoms with Gasteiger partial charge in [-0.2, -0.15) is 5.26 Å². The lowest BCUT2D eigenvalue weighted by Crippen LogP contribution is -2.53. The normalized spacial score (nSPS) is 20.2. The van der Waals surface area contributed by atoms with Crippen LogP contribution in [-0.2, 0) is 27.9 Å². The van der Waals surface area contributed by atoms with Gasteiger partial charge in [-0.05, 0) is 25.5 Å². The summed E-state index contributed by atoms with van der Waals surface area (Å²) in [6, 6.07) is 4.11. The smallest absolute Gasteiger partial charge is 0.248 e. The van der Waals surface area contributed by atoms with Crippen LogP contribution in [0.3, 0.4) is 0 Å². The summed E-state index contributed by atoms with van der Waals surface area (Å²) in [4.78, 5) is 15.4. The van der Waals surface area contributed by atoms with E-state index in [1.54, 1.807) is 14.1 Å². The molecule has 0 aromatic carbocycles. The molecule has 2 heterocycles. The molecule has 1 aliphatic rings. The molecule has 1 aromatic rings. The first kappa shape index (κ1) is 19.4. The fraction of sp³-hybridized carbons (Fsp3) is 0.667. The van der Waals surface area contributed by atoms with Gasteiger partial charge in [-0.1, -0.05) is 0 Å². The van der Waals surface area contributed by atoms with Crippen LogP contribution in [0.2, 0.25) is 0 Å². The number of aromatic nitrogens is 1. The average molecular weight is 348 g/mol. The molecule has 7 heteroatoms. The number of aryl methyl sites for hydroxylation is 1. The van der Waals surface area contributed by atoms with E-state index in [2.05, 4.69) is 24.8 Å². The molecule has 0 saturated carbocycles. The van der Waals surface area contributed by atoms with Gasteiger partial charge in [-0.25, -0.2) is 0 Å². The minimum atomic E-state index is -0.287. The van der Waals surface area contributed by atoms with Crippen molar-refractivity contribution in [1.29, 1.82) is 5.26 Å². The monoisotopic (exact) mass is 348 g/mol. The number of morpholine rings is 1. The predicted octanol–water partition coefficient (Wildman–Crippen LogP) is 0.981. The van der Waals surface area contributed by atoms with Crippen LogP contribution in [-0.4, -0.2) is 72.4 Å². The van der Waals surface area contributed by atoms with Gasteiger partial charge in [-0.3, -0.25) is 9.69 Å². The van der Waals surface area contributed by atoms with Crippen LogP contribution in [0.5, 0.6) is 0 Å². The molecule has 0 aliphatic carbocycles. The highest BCUT2D eigenvalue weighted by atomic mass is 16.5. The summed E-state index contributed by atoms with van der Waals surface area (Å²) in [6.45, 7) is 6.86. The quantitative estimate of drug-likeness (QED) is 0.766. The van der Waals surface area contributed by atoms with E-state index in [0.717, 1.165) is 25.2 Å². The zero-order valence-electron chi connectivity index (χ0n) is 15.8. The number of nitrogens with zero attached hydrogens (tertiary/aromatic N) is 4. The molecule has 1 saturated heterocycles. The number of hydrogen-bond donors (Lipinski definition) is 0. The second-order valence-electron chi connectivity index (χ2n) is 7.43. The van der Waals surface area contributed by atoms with Gasteiger partial charge in [0.05, 0.1) is 18.3 Å². The van der Waals surface area contributed by atoms with Crippen LogP contribution >= 0.6 is 0 Å². The number of amides is 1. The first-order valence-corrected chi connectivity index (χ1v) is 8.43. The lowest BCUT2D eigenvalue weighted by atomic mass is 10.0. The van der Waals surface area contributed by atoms with Crippen molar-refractivity contribution in [2.24, 2.45) is 7.05 Å². The molecule has 0 unspecified atom stereocenters. The van der Waals surface area contributed by atoms with Gasteiger partial charge in [0, 0.05) is 47.0 Å². The maximum atomic E-state index is 11.6. The summed E-state index contributed by atoms with van der Waals surface area (Å²) in [7, 11) is 5.30. The Balaban J connectivity index is 1.93. The summed E-state index contributed by atoms with van der Waals surface area (Å²) in [5.74, 6) is -0.0553. The van der Waals surface area contributed by atoms with Crippen molar-refractivity contribution in [1.82, 2.24) is 14.4 Å². The Morgan fingerprint density at radius 1 is 1.52 bits per heavy atom. The first-order valence-electron chi connectivity index (χ1n) is 8.43. The van der Waals surface area contributed by atoms with Crippen LogP contribution in [0.4, 0.5) is 0 Å². The van der Waals surface area contributed by atoms with Gasteiger partial charge in [0.15, 0.2) is 0 Å². The van der Waals surface area contributed by atoms with E-state index in [0.29, 0.717) is 12.3 Å². The zero-order chi connectivity index (χ0) is 18.6. The van der Waals surface area contributed by atoms with E-state index in [1.165, 1.54) is 4.90 Å². The largest absolute Gasteiger partial charge is 0.369 e. The van der Waals surface area contributed by atoms with E-state index >= 15 is 0 Å². The van der Waals surface area contributed by atoms with Gasteiger partial charge < -0.3 is 18.9 Å². The van der Waals surface area contributed by atoms with Crippen molar-refractivity contribution in [3.8, 4) is 6.07 Å². The number of likely N-dealkylation sites (N-methyl/N-ethyl adjacent to an activating group) is 1. The standard InChI is InChI=1S/C18H28N4O3/c1-18(2)13-22(9-14-6-15(7-19)21(5)8-14)10-16(25-18)11-24-12-17(23)20(3)4/h6,8,16H,9-13H2,1-5H3/t16-/m1/s1. The molecule has 0 radical (unpaired) electrons. The van der Waals surface area contributed by atoms with Gasteiger partial charge in [0.25, 0.3) is 0 Å². The number of carbonyl (C=O) groups is 1. The fourth-order valence-electron chi connectivity index (χ4n) is 3.12. The number of rotatable bonds is 6. The van der Waals surface area contributed by atoms with Crippen LogP contribution in [0.15, 0.2) is 12.3 Å². The van der Waals surface area contributed by atoms with Gasteiger partial charge in [-0.15, -0.1) is 0 Å². The van der Waals surface area contributed by atoms with E-state index in [9.17, 15) is 4.79 Å². The van der Waals surface area contributed by atoms with Crippen molar-refractivity contribution >= 4 is 5.91 Å². The number of hydrogen-bond acceptors (Lipinski definition) is 5. The van der Waals surface area contributed by atoms with E-state index in [4.69, 9.17) is 14.7 Å². The van der Waals surface area contributed by atoms with Crippen molar-refractivity contribution in [3.63, 3.8) is 0 Å². The van der Waals surface area contributed by atoms with Crippen LogP contribution < -0.4 is 0 Å². The SMILES string of the molecule is CN(C)C(=O)COC[C@H]1CN(Cc2cc(C#N)n(C)c2)CC(C)(C)O1. The van der Waals surface area contributed by atoms with Crippen LogP contribution in [0.25, 0.3) is 0 Å². The highest BCUT2D eigenvalue weighted by Gasteiger charge is 2.33. The Morgan fingerprint density at radius 3 is 2.84 bits per heavy atom. The highest BCUT2D eigenvalue weighted by Crippen LogP contribution is 2.23. The van der Waals surface area contributed by atoms with Crippen LogP contribution in [0, 0.1) is 11.3 Å². The second-order valence-corrected chi connectivity index (χ2v) is 7.43. The second kappa shape index (κ2) is 8.00. The third kappa shape index (κ3) is 5.56. The lowest BCUT2D eigenvalue weighted by Gasteiger charge is -2.42. The molecule has 1 aromatic heterocycles. The Hall–Kier alpha value is -1.88. The van der Waals surface area contributed by atoms with Crippen molar-refractivity contribution in [2.75, 3.05) is 40.4 Å². The molecule has 7 nitrogen and oxygen atoms in total. The van der Waals surface area contributed by atoms with Crippen molar-refractivity contribution in [2.45, 2.75) is 32.1 Å². The molecule has 1 fully saturated rings. The maximum absolute atomic E-state index is 11.6. The van der Waals surface area contributed by atoms with E-state index in [1.807, 2.05) is 23.9 Å². The third-order valence-electron chi connectivity index (χ3n) is 4.16. The molecule has 0 N–H and O–H groups in total. The van der Waals surface area contributed by atoms with Crippen molar-refractivity contribution < 1.29 is 14.3 Å². The molecule has 138 valence electrons. The molecule has 1 aliphatic heterocycles. The molecule has 1 atom stereocenters. The summed E-state index contributed by atoms with van der Waals surface area (Å²) in [5.41, 5.74) is 1.48. The highest BCUT2D eigenvalue weighted by molar-refractivity contribution is 5.76. The Bertz CT molecular complexity index is 645. The van der Waals surface area contributed by atoms with Gasteiger partial charge in [0.1, 0.15) is 18.4 Å². The summed E-state index contributed by atoms with van der Waals surface area (Å²) < 4.78 is 13.5. The Kier molecular flexibility index (Phi) is 6.22.